The van der Waals surface area contributed by atoms with Crippen LogP contribution in [0.3, 0.4) is 0 Å². The molecule has 2 aromatic carbocycles. The van der Waals surface area contributed by atoms with Crippen molar-refractivity contribution in [2.24, 2.45) is 0 Å². The van der Waals surface area contributed by atoms with Gasteiger partial charge in [0.1, 0.15) is 17.4 Å². The summed E-state index contributed by atoms with van der Waals surface area (Å²) < 4.78 is 40.0. The highest BCUT2D eigenvalue weighted by atomic mass is 32.1. The van der Waals surface area contributed by atoms with Crippen LogP contribution in [0.15, 0.2) is 59.7 Å². The van der Waals surface area contributed by atoms with Gasteiger partial charge in [0.15, 0.2) is 0 Å². The number of rotatable bonds is 3. The molecule has 1 aliphatic rings. The van der Waals surface area contributed by atoms with Crippen LogP contribution in [0.5, 0.6) is 0 Å². The van der Waals surface area contributed by atoms with E-state index in [4.69, 9.17) is 0 Å². The van der Waals surface area contributed by atoms with Crippen LogP contribution in [0.4, 0.5) is 24.5 Å². The Morgan fingerprint density at radius 2 is 1.88 bits per heavy atom. The van der Waals surface area contributed by atoms with Gasteiger partial charge in [0, 0.05) is 11.3 Å². The number of nitrogens with zero attached hydrogens (tertiary/aromatic N) is 4. The van der Waals surface area contributed by atoms with Crippen LogP contribution in [0, 0.1) is 0 Å². The van der Waals surface area contributed by atoms with Gasteiger partial charge in [-0.2, -0.15) is 22.8 Å². The van der Waals surface area contributed by atoms with Gasteiger partial charge >= 0.3 is 6.18 Å². The summed E-state index contributed by atoms with van der Waals surface area (Å²) in [5.74, 6) is -1.26. The number of benzene rings is 2. The average Bonchev–Trinajstić information content (AvgIpc) is 3.42. The van der Waals surface area contributed by atoms with Gasteiger partial charge in [-0.15, -0.1) is 0 Å². The second kappa shape index (κ2) is 7.52. The molecule has 0 bridgehead atoms. The normalized spacial score (nSPS) is 15.2. The Balaban J connectivity index is 1.49. The molecular formula is C21H12F3N5O3S. The molecule has 33 heavy (non-hydrogen) atoms. The minimum atomic E-state index is -4.56. The molecular weight excluding hydrogens is 459 g/mol. The number of alkyl halides is 3. The number of nitrogens with one attached hydrogen (secondary N) is 1. The van der Waals surface area contributed by atoms with E-state index in [0.717, 1.165) is 28.0 Å². The third-order valence-corrected chi connectivity index (χ3v) is 6.07. The summed E-state index contributed by atoms with van der Waals surface area (Å²) in [7, 11) is 0. The summed E-state index contributed by atoms with van der Waals surface area (Å²) in [6.45, 7) is -0.454. The molecule has 1 N–H and O–H groups in total. The molecule has 3 heterocycles. The molecule has 0 saturated carbocycles. The molecule has 2 aromatic heterocycles. The lowest BCUT2D eigenvalue weighted by Crippen LogP contribution is -2.37. The Hall–Kier alpha value is -4.06. The first-order chi connectivity index (χ1) is 15.7. The highest BCUT2D eigenvalue weighted by molar-refractivity contribution is 7.15. The van der Waals surface area contributed by atoms with Gasteiger partial charge in [0.2, 0.25) is 10.9 Å². The second-order valence-electron chi connectivity index (χ2n) is 7.10. The van der Waals surface area contributed by atoms with Crippen LogP contribution in [-0.4, -0.2) is 33.0 Å². The van der Waals surface area contributed by atoms with Crippen molar-refractivity contribution in [3.8, 4) is 0 Å². The van der Waals surface area contributed by atoms with Crippen molar-refractivity contribution >= 4 is 45.1 Å². The van der Waals surface area contributed by atoms with Gasteiger partial charge in [-0.1, -0.05) is 35.6 Å². The van der Waals surface area contributed by atoms with Crippen LogP contribution in [-0.2, 0) is 15.8 Å². The van der Waals surface area contributed by atoms with Crippen molar-refractivity contribution in [1.29, 1.82) is 0 Å². The average molecular weight is 471 g/mol. The van der Waals surface area contributed by atoms with Crippen molar-refractivity contribution in [1.82, 2.24) is 14.6 Å². The van der Waals surface area contributed by atoms with E-state index in [1.165, 1.54) is 23.4 Å². The first-order valence-corrected chi connectivity index (χ1v) is 10.3. The van der Waals surface area contributed by atoms with E-state index in [1.807, 2.05) is 0 Å². The number of aromatic nitrogens is 3. The smallest absolute Gasteiger partial charge is 0.325 e. The zero-order valence-electron chi connectivity index (χ0n) is 16.5. The number of para-hydroxylation sites is 1. The van der Waals surface area contributed by atoms with Crippen LogP contribution >= 0.6 is 11.3 Å². The standard InChI is InChI=1S/C21H12F3N5O3S/c22-21(23,24)11-4-3-5-12(8-11)27-15(30)9-28-14-7-2-1-6-13(14)16(18(28)31)17-19(32)29-20(33-17)25-10-26-29/h1-8,10H,9H2,(H,27,30)/b17-16-. The maximum absolute atomic E-state index is 13.3. The van der Waals surface area contributed by atoms with Crippen LogP contribution in [0.25, 0.3) is 10.5 Å². The minimum Gasteiger partial charge on any atom is -0.325 e. The molecule has 2 amide bonds. The molecule has 8 nitrogen and oxygen atoms in total. The fraction of sp³-hybridized carbons (Fsp3) is 0.0952. The molecule has 0 aliphatic carbocycles. The minimum absolute atomic E-state index is 0.0497. The lowest BCUT2D eigenvalue weighted by Gasteiger charge is -2.17. The molecule has 0 saturated heterocycles. The third-order valence-electron chi connectivity index (χ3n) is 5.02. The van der Waals surface area contributed by atoms with Crippen molar-refractivity contribution in [3.63, 3.8) is 0 Å². The number of halogens is 3. The zero-order valence-corrected chi connectivity index (χ0v) is 17.3. The first-order valence-electron chi connectivity index (χ1n) is 9.49. The summed E-state index contributed by atoms with van der Waals surface area (Å²) >= 11 is 1.01. The Morgan fingerprint density at radius 1 is 1.09 bits per heavy atom. The maximum Gasteiger partial charge on any atom is 0.416 e. The Morgan fingerprint density at radius 3 is 2.64 bits per heavy atom. The van der Waals surface area contributed by atoms with Gasteiger partial charge in [-0.05, 0) is 24.3 Å². The highest BCUT2D eigenvalue weighted by Crippen LogP contribution is 2.35. The number of carbonyl (C=O) groups excluding carboxylic acids is 2. The van der Waals surface area contributed by atoms with Gasteiger partial charge in [-0.25, -0.2) is 4.98 Å². The van der Waals surface area contributed by atoms with Gasteiger partial charge in [-0.3, -0.25) is 19.3 Å². The maximum atomic E-state index is 13.3. The first kappa shape index (κ1) is 20.8. The van der Waals surface area contributed by atoms with E-state index >= 15 is 0 Å². The number of hydrogen-bond acceptors (Lipinski definition) is 6. The van der Waals surface area contributed by atoms with E-state index in [-0.39, 0.29) is 15.8 Å². The summed E-state index contributed by atoms with van der Waals surface area (Å²) in [4.78, 5) is 44.1. The molecule has 4 aromatic rings. The van der Waals surface area contributed by atoms with Crippen molar-refractivity contribution in [2.45, 2.75) is 6.18 Å². The second-order valence-corrected chi connectivity index (χ2v) is 8.08. The molecule has 0 atom stereocenters. The fourth-order valence-corrected chi connectivity index (χ4v) is 4.57. The van der Waals surface area contributed by atoms with Gasteiger partial charge < -0.3 is 5.32 Å². The topological polar surface area (TPSA) is 96.7 Å². The predicted octanol–water partition coefficient (Wildman–Crippen LogP) is 2.07. The number of carbonyl (C=O) groups is 2. The highest BCUT2D eigenvalue weighted by Gasteiger charge is 2.35. The summed E-state index contributed by atoms with van der Waals surface area (Å²) in [5, 5.41) is 6.24. The molecule has 12 heteroatoms. The van der Waals surface area contributed by atoms with Gasteiger partial charge in [0.25, 0.3) is 11.5 Å². The van der Waals surface area contributed by atoms with Crippen molar-refractivity contribution in [2.75, 3.05) is 16.8 Å². The van der Waals surface area contributed by atoms with E-state index in [1.54, 1.807) is 24.3 Å². The third kappa shape index (κ3) is 3.53. The lowest BCUT2D eigenvalue weighted by atomic mass is 10.1. The Bertz CT molecular complexity index is 1540. The molecule has 0 radical (unpaired) electrons. The van der Waals surface area contributed by atoms with E-state index < -0.39 is 35.7 Å². The molecule has 0 spiro atoms. The van der Waals surface area contributed by atoms with Crippen LogP contribution < -0.4 is 20.3 Å². The monoisotopic (exact) mass is 471 g/mol. The number of hydrogen-bond donors (Lipinski definition) is 1. The fourth-order valence-electron chi connectivity index (χ4n) is 3.60. The molecule has 0 fully saturated rings. The van der Waals surface area contributed by atoms with E-state index in [0.29, 0.717) is 16.2 Å². The van der Waals surface area contributed by atoms with Gasteiger partial charge in [0.05, 0.1) is 16.8 Å². The summed E-state index contributed by atoms with van der Waals surface area (Å²) in [6, 6.07) is 10.9. The quantitative estimate of drug-likeness (QED) is 0.494. The number of thiazole rings is 1. The molecule has 166 valence electrons. The van der Waals surface area contributed by atoms with Crippen molar-refractivity contribution in [3.05, 3.63) is 80.9 Å². The number of anilines is 2. The van der Waals surface area contributed by atoms with Crippen molar-refractivity contribution < 1.29 is 22.8 Å². The molecule has 1 aliphatic heterocycles. The number of amides is 2. The molecule has 5 rings (SSSR count). The number of fused-ring (bicyclic) bond motifs is 2. The summed E-state index contributed by atoms with van der Waals surface area (Å²) in [6.07, 6.45) is -3.32. The zero-order chi connectivity index (χ0) is 23.3. The van der Waals surface area contributed by atoms with E-state index in [9.17, 15) is 27.6 Å². The Kier molecular flexibility index (Phi) is 4.74. The van der Waals surface area contributed by atoms with Crippen LogP contribution in [0.2, 0.25) is 0 Å². The van der Waals surface area contributed by atoms with Crippen LogP contribution in [0.1, 0.15) is 11.1 Å². The molecule has 0 unspecified atom stereocenters. The van der Waals surface area contributed by atoms with E-state index in [2.05, 4.69) is 15.4 Å². The largest absolute Gasteiger partial charge is 0.416 e. The lowest BCUT2D eigenvalue weighted by molar-refractivity contribution is -0.137. The Labute approximate surface area is 186 Å². The predicted molar refractivity (Wildman–Crippen MR) is 114 cm³/mol. The SMILES string of the molecule is O=C(CN1C(=O)/C(=c2\sc3ncnn3c2=O)c2ccccc21)Nc1cccc(C(F)(F)F)c1. The summed E-state index contributed by atoms with van der Waals surface area (Å²) in [5.41, 5.74) is -0.448.